The summed E-state index contributed by atoms with van der Waals surface area (Å²) < 4.78 is 10.8. The number of rotatable bonds is 6. The maximum Gasteiger partial charge on any atom is 0.161 e. The highest BCUT2D eigenvalue weighted by molar-refractivity contribution is 5.77. The lowest BCUT2D eigenvalue weighted by Gasteiger charge is -2.37. The number of ether oxygens (including phenoxy) is 2. The normalized spacial score (nSPS) is 16.1. The van der Waals surface area contributed by atoms with E-state index in [0.717, 1.165) is 55.1 Å². The second kappa shape index (κ2) is 8.44. The van der Waals surface area contributed by atoms with E-state index in [1.54, 1.807) is 19.1 Å². The van der Waals surface area contributed by atoms with Crippen LogP contribution in [0.3, 0.4) is 0 Å². The molecule has 2 aromatic rings. The third-order valence-corrected chi connectivity index (χ3v) is 5.62. The lowest BCUT2D eigenvalue weighted by Crippen LogP contribution is -3.14. The Morgan fingerprint density at radius 2 is 1.74 bits per heavy atom. The molecule has 0 amide bonds. The minimum Gasteiger partial charge on any atom is -0.493 e. The van der Waals surface area contributed by atoms with Gasteiger partial charge in [-0.25, -0.2) is 0 Å². The van der Waals surface area contributed by atoms with Crippen LogP contribution < -0.4 is 19.3 Å². The van der Waals surface area contributed by atoms with Gasteiger partial charge in [-0.1, -0.05) is 0 Å². The Morgan fingerprint density at radius 3 is 2.33 bits per heavy atom. The molecule has 1 saturated heterocycles. The summed E-state index contributed by atoms with van der Waals surface area (Å²) in [5.41, 5.74) is 4.40. The number of anilines is 1. The summed E-state index contributed by atoms with van der Waals surface area (Å²) in [6, 6.07) is 12.5. The topological polar surface area (TPSA) is 43.2 Å². The van der Waals surface area contributed by atoms with Crippen LogP contribution in [0.25, 0.3) is 0 Å². The number of piperazine rings is 1. The Balaban J connectivity index is 1.67. The third kappa shape index (κ3) is 4.08. The number of benzene rings is 2. The Morgan fingerprint density at radius 1 is 1.04 bits per heavy atom. The van der Waals surface area contributed by atoms with Gasteiger partial charge in [0.05, 0.1) is 40.4 Å². The average molecular weight is 369 g/mol. The molecule has 0 aliphatic carbocycles. The van der Waals surface area contributed by atoms with Crippen molar-refractivity contribution in [2.45, 2.75) is 19.9 Å². The van der Waals surface area contributed by atoms with Crippen LogP contribution in [0.2, 0.25) is 0 Å². The molecule has 3 rings (SSSR count). The second-order valence-corrected chi connectivity index (χ2v) is 7.15. The van der Waals surface area contributed by atoms with E-state index in [-0.39, 0.29) is 0 Å². The minimum atomic E-state index is 0.394. The molecule has 1 heterocycles. The summed E-state index contributed by atoms with van der Waals surface area (Å²) in [4.78, 5) is 14.9. The third-order valence-electron chi connectivity index (χ3n) is 5.62. The van der Waals surface area contributed by atoms with Gasteiger partial charge in [0.15, 0.2) is 11.5 Å². The van der Waals surface area contributed by atoms with Crippen LogP contribution in [0.15, 0.2) is 36.4 Å². The number of quaternary nitrogens is 1. The maximum atomic E-state index is 11.0. The molecule has 0 radical (unpaired) electrons. The molecular formula is C22H29N2O3+. The molecule has 2 aromatic carbocycles. The van der Waals surface area contributed by atoms with Gasteiger partial charge < -0.3 is 19.3 Å². The quantitative estimate of drug-likeness (QED) is 0.794. The highest BCUT2D eigenvalue weighted by Gasteiger charge is 2.27. The van der Waals surface area contributed by atoms with E-state index in [1.165, 1.54) is 11.3 Å². The predicted octanol–water partition coefficient (Wildman–Crippen LogP) is 2.29. The van der Waals surface area contributed by atoms with E-state index in [0.29, 0.717) is 6.04 Å². The van der Waals surface area contributed by atoms with Crippen LogP contribution in [0.5, 0.6) is 11.5 Å². The molecule has 1 aliphatic rings. The fourth-order valence-corrected chi connectivity index (χ4v) is 3.93. The summed E-state index contributed by atoms with van der Waals surface area (Å²) in [5.74, 6) is 1.55. The van der Waals surface area contributed by atoms with Crippen LogP contribution in [-0.2, 0) is 0 Å². The Bertz CT molecular complexity index is 798. The van der Waals surface area contributed by atoms with Gasteiger partial charge in [-0.2, -0.15) is 0 Å². The van der Waals surface area contributed by atoms with Crippen molar-refractivity contribution in [3.05, 3.63) is 53.1 Å². The predicted molar refractivity (Wildman–Crippen MR) is 107 cm³/mol. The molecule has 27 heavy (non-hydrogen) atoms. The van der Waals surface area contributed by atoms with E-state index in [9.17, 15) is 4.79 Å². The highest BCUT2D eigenvalue weighted by Crippen LogP contribution is 2.29. The van der Waals surface area contributed by atoms with E-state index in [2.05, 4.69) is 36.9 Å². The summed E-state index contributed by atoms with van der Waals surface area (Å²) in [6.45, 7) is 8.52. The molecule has 1 fully saturated rings. The molecule has 1 aliphatic heterocycles. The summed E-state index contributed by atoms with van der Waals surface area (Å²) in [5, 5.41) is 0. The number of nitrogens with one attached hydrogen (secondary N) is 1. The zero-order chi connectivity index (χ0) is 19.4. The molecule has 5 heteroatoms. The molecule has 0 saturated carbocycles. The van der Waals surface area contributed by atoms with Crippen LogP contribution in [0.1, 0.15) is 34.5 Å². The average Bonchev–Trinajstić information content (AvgIpc) is 2.72. The monoisotopic (exact) mass is 369 g/mol. The van der Waals surface area contributed by atoms with E-state index >= 15 is 0 Å². The molecule has 0 spiro atoms. The minimum absolute atomic E-state index is 0.394. The Hall–Kier alpha value is -2.53. The SMILES string of the molecule is COc1ccc([C@@H](C)[NH+]2CCN(c3ccc(C=O)cc3C)CC2)cc1OC. The van der Waals surface area contributed by atoms with Crippen molar-refractivity contribution in [3.8, 4) is 11.5 Å². The van der Waals surface area contributed by atoms with Crippen molar-refractivity contribution in [2.24, 2.45) is 0 Å². The van der Waals surface area contributed by atoms with Gasteiger partial charge in [-0.3, -0.25) is 4.79 Å². The number of aryl methyl sites for hydroxylation is 1. The highest BCUT2D eigenvalue weighted by atomic mass is 16.5. The lowest BCUT2D eigenvalue weighted by molar-refractivity contribution is -0.930. The molecule has 144 valence electrons. The number of aldehydes is 1. The van der Waals surface area contributed by atoms with Gasteiger partial charge in [0, 0.05) is 16.8 Å². The van der Waals surface area contributed by atoms with Crippen LogP contribution >= 0.6 is 0 Å². The number of hydrogen-bond acceptors (Lipinski definition) is 4. The number of carbonyl (C=O) groups excluding carboxylic acids is 1. The van der Waals surface area contributed by atoms with Gasteiger partial charge in [-0.05, 0) is 55.8 Å². The molecule has 1 atom stereocenters. The first-order valence-electron chi connectivity index (χ1n) is 9.44. The molecule has 1 N–H and O–H groups in total. The van der Waals surface area contributed by atoms with Gasteiger partial charge in [-0.15, -0.1) is 0 Å². The van der Waals surface area contributed by atoms with Crippen LogP contribution in [0, 0.1) is 6.92 Å². The number of hydrogen-bond donors (Lipinski definition) is 1. The molecule has 5 nitrogen and oxygen atoms in total. The first-order chi connectivity index (χ1) is 13.1. The van der Waals surface area contributed by atoms with Gasteiger partial charge in [0.25, 0.3) is 0 Å². The zero-order valence-electron chi connectivity index (χ0n) is 16.6. The number of methoxy groups -OCH3 is 2. The van der Waals surface area contributed by atoms with E-state index in [4.69, 9.17) is 9.47 Å². The van der Waals surface area contributed by atoms with E-state index in [1.807, 2.05) is 18.2 Å². The first-order valence-corrected chi connectivity index (χ1v) is 9.44. The Labute approximate surface area is 161 Å². The summed E-state index contributed by atoms with van der Waals surface area (Å²) >= 11 is 0. The zero-order valence-corrected chi connectivity index (χ0v) is 16.6. The van der Waals surface area contributed by atoms with Crippen molar-refractivity contribution in [1.29, 1.82) is 0 Å². The van der Waals surface area contributed by atoms with Gasteiger partial charge in [0.2, 0.25) is 0 Å². The maximum absolute atomic E-state index is 11.0. The Kier molecular flexibility index (Phi) is 6.01. The largest absolute Gasteiger partial charge is 0.493 e. The number of carbonyl (C=O) groups is 1. The van der Waals surface area contributed by atoms with Crippen molar-refractivity contribution in [2.75, 3.05) is 45.3 Å². The molecule has 0 bridgehead atoms. The van der Waals surface area contributed by atoms with Crippen molar-refractivity contribution >= 4 is 12.0 Å². The summed E-state index contributed by atoms with van der Waals surface area (Å²) in [7, 11) is 3.34. The van der Waals surface area contributed by atoms with Crippen LogP contribution in [0.4, 0.5) is 5.69 Å². The van der Waals surface area contributed by atoms with Gasteiger partial charge in [0.1, 0.15) is 12.3 Å². The fraction of sp³-hybridized carbons (Fsp3) is 0.409. The number of nitrogens with zero attached hydrogens (tertiary/aromatic N) is 1. The van der Waals surface area contributed by atoms with Crippen molar-refractivity contribution in [3.63, 3.8) is 0 Å². The first kappa shape index (κ1) is 19.2. The molecule has 0 aromatic heterocycles. The van der Waals surface area contributed by atoms with Crippen molar-refractivity contribution < 1.29 is 19.2 Å². The van der Waals surface area contributed by atoms with Gasteiger partial charge >= 0.3 is 0 Å². The second-order valence-electron chi connectivity index (χ2n) is 7.15. The lowest BCUT2D eigenvalue weighted by atomic mass is 10.0. The fourth-order valence-electron chi connectivity index (χ4n) is 3.93. The van der Waals surface area contributed by atoms with Crippen molar-refractivity contribution in [1.82, 2.24) is 0 Å². The standard InChI is InChI=1S/C22H28N2O3/c1-16-13-18(15-25)5-7-20(16)24-11-9-23(10-12-24)17(2)19-6-8-21(26-3)22(14-19)27-4/h5-8,13-15,17H,9-12H2,1-4H3/p+1/t17-/m1/s1. The van der Waals surface area contributed by atoms with E-state index < -0.39 is 0 Å². The summed E-state index contributed by atoms with van der Waals surface area (Å²) in [6.07, 6.45) is 0.906. The molecular weight excluding hydrogens is 340 g/mol. The molecule has 0 unspecified atom stereocenters. The smallest absolute Gasteiger partial charge is 0.161 e. The van der Waals surface area contributed by atoms with Crippen LogP contribution in [-0.4, -0.2) is 46.7 Å².